The van der Waals surface area contributed by atoms with E-state index in [1.54, 1.807) is 0 Å². The third kappa shape index (κ3) is 2.81. The van der Waals surface area contributed by atoms with Gasteiger partial charge in [0.2, 0.25) is 0 Å². The highest BCUT2D eigenvalue weighted by Gasteiger charge is 2.10. The molecule has 0 unspecified atom stereocenters. The standard InChI is InChI=1S/C16H16N8/c1-22(15-8-7-14-18-20-21-24(14)19-15)12-16-17-9-10-23(16)11-13-5-3-2-4-6-13/h2-10H,11-12H2,1H3. The largest absolute Gasteiger partial charge is 0.351 e. The minimum absolute atomic E-state index is 0.623. The van der Waals surface area contributed by atoms with Gasteiger partial charge in [0.1, 0.15) is 5.82 Å². The van der Waals surface area contributed by atoms with E-state index >= 15 is 0 Å². The fourth-order valence-electron chi connectivity index (χ4n) is 2.55. The molecule has 24 heavy (non-hydrogen) atoms. The summed E-state index contributed by atoms with van der Waals surface area (Å²) in [4.78, 5) is 6.50. The average Bonchev–Trinajstić information content (AvgIpc) is 3.24. The summed E-state index contributed by atoms with van der Waals surface area (Å²) >= 11 is 0. The lowest BCUT2D eigenvalue weighted by Gasteiger charge is -2.18. The van der Waals surface area contributed by atoms with Gasteiger partial charge in [-0.3, -0.25) is 0 Å². The fraction of sp³-hybridized carbons (Fsp3) is 0.188. The van der Waals surface area contributed by atoms with Gasteiger partial charge in [0.15, 0.2) is 11.5 Å². The van der Waals surface area contributed by atoms with Gasteiger partial charge in [-0.05, 0) is 28.1 Å². The maximum atomic E-state index is 4.48. The summed E-state index contributed by atoms with van der Waals surface area (Å²) in [6.45, 7) is 1.43. The van der Waals surface area contributed by atoms with Crippen molar-refractivity contribution in [2.45, 2.75) is 13.1 Å². The quantitative estimate of drug-likeness (QED) is 0.553. The summed E-state index contributed by atoms with van der Waals surface area (Å²) in [5, 5.41) is 15.7. The van der Waals surface area contributed by atoms with E-state index in [0.717, 1.165) is 18.2 Å². The number of nitrogens with zero attached hydrogens (tertiary/aromatic N) is 8. The predicted octanol–water partition coefficient (Wildman–Crippen LogP) is 1.40. The van der Waals surface area contributed by atoms with Crippen LogP contribution in [0.5, 0.6) is 0 Å². The molecule has 3 aromatic heterocycles. The molecule has 8 heteroatoms. The lowest BCUT2D eigenvalue weighted by molar-refractivity contribution is 0.686. The maximum absolute atomic E-state index is 4.48. The zero-order chi connectivity index (χ0) is 16.4. The van der Waals surface area contributed by atoms with E-state index in [1.807, 2.05) is 54.7 Å². The highest BCUT2D eigenvalue weighted by atomic mass is 15.6. The van der Waals surface area contributed by atoms with Gasteiger partial charge in [0.05, 0.1) is 6.54 Å². The summed E-state index contributed by atoms with van der Waals surface area (Å²) in [6, 6.07) is 14.1. The van der Waals surface area contributed by atoms with Gasteiger partial charge in [-0.2, -0.15) is 0 Å². The van der Waals surface area contributed by atoms with Crippen molar-refractivity contribution in [3.63, 3.8) is 0 Å². The molecule has 3 heterocycles. The fourth-order valence-corrected chi connectivity index (χ4v) is 2.55. The van der Waals surface area contributed by atoms with Crippen molar-refractivity contribution in [2.24, 2.45) is 0 Å². The number of rotatable bonds is 5. The molecular formula is C16H16N8. The molecule has 0 bridgehead atoms. The van der Waals surface area contributed by atoms with Crippen molar-refractivity contribution in [1.82, 2.24) is 34.8 Å². The number of imidazole rings is 1. The average molecular weight is 320 g/mol. The molecule has 0 amide bonds. The summed E-state index contributed by atoms with van der Waals surface area (Å²) in [7, 11) is 1.97. The van der Waals surface area contributed by atoms with Crippen molar-refractivity contribution in [2.75, 3.05) is 11.9 Å². The molecule has 1 aromatic carbocycles. The Bertz CT molecular complexity index is 943. The Balaban J connectivity index is 1.53. The van der Waals surface area contributed by atoms with Gasteiger partial charge in [-0.15, -0.1) is 14.8 Å². The van der Waals surface area contributed by atoms with Gasteiger partial charge in [-0.1, -0.05) is 30.3 Å². The van der Waals surface area contributed by atoms with E-state index in [0.29, 0.717) is 12.2 Å². The zero-order valence-corrected chi connectivity index (χ0v) is 13.2. The van der Waals surface area contributed by atoms with Crippen LogP contribution in [0.4, 0.5) is 5.82 Å². The molecule has 0 N–H and O–H groups in total. The minimum atomic E-state index is 0.623. The van der Waals surface area contributed by atoms with Gasteiger partial charge in [0, 0.05) is 26.0 Å². The predicted molar refractivity (Wildman–Crippen MR) is 88.5 cm³/mol. The SMILES string of the molecule is CN(Cc1nccn1Cc1ccccc1)c1ccc2nnnn2n1. The number of hydrogen-bond acceptors (Lipinski definition) is 6. The lowest BCUT2D eigenvalue weighted by Crippen LogP contribution is -2.21. The molecule has 8 nitrogen and oxygen atoms in total. The van der Waals surface area contributed by atoms with E-state index in [-0.39, 0.29) is 0 Å². The van der Waals surface area contributed by atoms with Crippen LogP contribution in [0.15, 0.2) is 54.9 Å². The molecule has 120 valence electrons. The van der Waals surface area contributed by atoms with Crippen LogP contribution in [0.3, 0.4) is 0 Å². The third-order valence-corrected chi connectivity index (χ3v) is 3.82. The molecule has 0 radical (unpaired) electrons. The Kier molecular flexibility index (Phi) is 3.62. The summed E-state index contributed by atoms with van der Waals surface area (Å²) in [6.07, 6.45) is 3.82. The van der Waals surface area contributed by atoms with Gasteiger partial charge >= 0.3 is 0 Å². The number of benzene rings is 1. The van der Waals surface area contributed by atoms with Gasteiger partial charge < -0.3 is 9.47 Å². The number of aromatic nitrogens is 7. The first-order valence-corrected chi connectivity index (χ1v) is 7.60. The van der Waals surface area contributed by atoms with Crippen LogP contribution in [-0.2, 0) is 13.1 Å². The van der Waals surface area contributed by atoms with Crippen LogP contribution in [0.1, 0.15) is 11.4 Å². The Morgan fingerprint density at radius 1 is 1.08 bits per heavy atom. The topological polar surface area (TPSA) is 77.0 Å². The molecule has 0 fully saturated rings. The zero-order valence-electron chi connectivity index (χ0n) is 13.2. The van der Waals surface area contributed by atoms with E-state index < -0.39 is 0 Å². The Hall–Kier alpha value is -3.29. The van der Waals surface area contributed by atoms with Crippen molar-refractivity contribution in [3.8, 4) is 0 Å². The number of fused-ring (bicyclic) bond motifs is 1. The Labute approximate surface area is 138 Å². The van der Waals surface area contributed by atoms with Crippen molar-refractivity contribution in [1.29, 1.82) is 0 Å². The van der Waals surface area contributed by atoms with E-state index in [4.69, 9.17) is 0 Å². The monoisotopic (exact) mass is 320 g/mol. The Morgan fingerprint density at radius 2 is 1.96 bits per heavy atom. The van der Waals surface area contributed by atoms with Crippen LogP contribution < -0.4 is 4.90 Å². The molecule has 0 aliphatic rings. The molecule has 0 aliphatic heterocycles. The van der Waals surface area contributed by atoms with Crippen LogP contribution in [0, 0.1) is 0 Å². The van der Waals surface area contributed by atoms with E-state index in [9.17, 15) is 0 Å². The Morgan fingerprint density at radius 3 is 2.83 bits per heavy atom. The minimum Gasteiger partial charge on any atom is -0.351 e. The van der Waals surface area contributed by atoms with E-state index in [2.05, 4.69) is 42.3 Å². The van der Waals surface area contributed by atoms with Crippen LogP contribution in [0.25, 0.3) is 5.65 Å². The summed E-state index contributed by atoms with van der Waals surface area (Å²) in [5.74, 6) is 1.75. The molecule has 4 aromatic rings. The maximum Gasteiger partial charge on any atom is 0.200 e. The van der Waals surface area contributed by atoms with Crippen molar-refractivity contribution >= 4 is 11.5 Å². The summed E-state index contributed by atoms with van der Waals surface area (Å²) < 4.78 is 3.56. The number of tetrazole rings is 1. The summed E-state index contributed by atoms with van der Waals surface area (Å²) in [5.41, 5.74) is 1.87. The van der Waals surface area contributed by atoms with Gasteiger partial charge in [-0.25, -0.2) is 4.98 Å². The molecule has 0 saturated heterocycles. The van der Waals surface area contributed by atoms with Crippen molar-refractivity contribution < 1.29 is 0 Å². The van der Waals surface area contributed by atoms with Gasteiger partial charge in [0.25, 0.3) is 0 Å². The van der Waals surface area contributed by atoms with E-state index in [1.165, 1.54) is 10.2 Å². The molecule has 0 saturated carbocycles. The third-order valence-electron chi connectivity index (χ3n) is 3.82. The van der Waals surface area contributed by atoms with Crippen LogP contribution in [-0.4, -0.2) is 41.9 Å². The normalized spacial score (nSPS) is 11.0. The molecule has 0 spiro atoms. The smallest absolute Gasteiger partial charge is 0.200 e. The second-order valence-corrected chi connectivity index (χ2v) is 5.53. The molecule has 0 aliphatic carbocycles. The lowest BCUT2D eigenvalue weighted by atomic mass is 10.2. The first-order chi connectivity index (χ1) is 11.8. The van der Waals surface area contributed by atoms with Crippen LogP contribution in [0.2, 0.25) is 0 Å². The highest BCUT2D eigenvalue weighted by molar-refractivity contribution is 5.43. The molecule has 4 rings (SSSR count). The number of hydrogen-bond donors (Lipinski definition) is 0. The first-order valence-electron chi connectivity index (χ1n) is 7.60. The second-order valence-electron chi connectivity index (χ2n) is 5.53. The number of anilines is 1. The molecule has 0 atom stereocenters. The molecular weight excluding hydrogens is 304 g/mol. The second kappa shape index (κ2) is 6.07. The first kappa shape index (κ1) is 14.3. The highest BCUT2D eigenvalue weighted by Crippen LogP contribution is 2.13. The van der Waals surface area contributed by atoms with Crippen LogP contribution >= 0.6 is 0 Å². The van der Waals surface area contributed by atoms with Crippen molar-refractivity contribution in [3.05, 3.63) is 66.2 Å².